The molecule has 0 aliphatic rings. The average Bonchev–Trinajstić information content (AvgIpc) is 1.84. The summed E-state index contributed by atoms with van der Waals surface area (Å²) in [5.74, 6) is 0.144. The highest BCUT2D eigenvalue weighted by atomic mass is 32.2. The van der Waals surface area contributed by atoms with Gasteiger partial charge >= 0.3 is 0 Å². The Hall–Kier alpha value is -0.130. The zero-order valence-electron chi connectivity index (χ0n) is 8.16. The zero-order chi connectivity index (χ0) is 9.78. The van der Waals surface area contributed by atoms with Crippen LogP contribution in [0.3, 0.4) is 0 Å². The van der Waals surface area contributed by atoms with Gasteiger partial charge in [-0.05, 0) is 27.9 Å². The third-order valence-corrected chi connectivity index (χ3v) is 2.92. The Bertz CT molecular complexity index is 211. The molecule has 12 heavy (non-hydrogen) atoms. The van der Waals surface area contributed by atoms with E-state index in [0.29, 0.717) is 0 Å². The summed E-state index contributed by atoms with van der Waals surface area (Å²) in [6.07, 6.45) is 0. The summed E-state index contributed by atoms with van der Waals surface area (Å²) >= 11 is 0. The highest BCUT2D eigenvalue weighted by Gasteiger charge is 2.11. The van der Waals surface area contributed by atoms with Crippen molar-refractivity contribution < 1.29 is 8.42 Å². The van der Waals surface area contributed by atoms with E-state index in [-0.39, 0.29) is 11.8 Å². The molecule has 0 aliphatic carbocycles. The van der Waals surface area contributed by atoms with Gasteiger partial charge in [0.05, 0.1) is 5.75 Å². The molecule has 1 unspecified atom stereocenters. The van der Waals surface area contributed by atoms with Crippen LogP contribution in [0.2, 0.25) is 0 Å². The van der Waals surface area contributed by atoms with Gasteiger partial charge in [0, 0.05) is 12.6 Å². The molecule has 0 saturated heterocycles. The lowest BCUT2D eigenvalue weighted by molar-refractivity contribution is 0.370. The maximum atomic E-state index is 11.1. The summed E-state index contributed by atoms with van der Waals surface area (Å²) in [6, 6.07) is -0.0232. The molecule has 0 aliphatic heterocycles. The quantitative estimate of drug-likeness (QED) is 0.663. The smallest absolute Gasteiger partial charge is 0.211 e. The topological polar surface area (TPSA) is 49.4 Å². The third kappa shape index (κ3) is 5.51. The minimum Gasteiger partial charge on any atom is -0.308 e. The normalized spacial score (nSPS) is 15.1. The first kappa shape index (κ1) is 11.9. The molecular formula is C7H18N2O2S. The Kier molecular flexibility index (Phi) is 4.74. The predicted octanol–water partition coefficient (Wildman–Crippen LogP) is -0.124. The molecule has 1 atom stereocenters. The summed E-state index contributed by atoms with van der Waals surface area (Å²) in [6.45, 7) is 4.21. The van der Waals surface area contributed by atoms with E-state index in [1.807, 2.05) is 25.9 Å². The summed E-state index contributed by atoms with van der Waals surface area (Å²) in [5, 5.41) is 0. The Balaban J connectivity index is 3.93. The molecule has 0 spiro atoms. The molecule has 1 N–H and O–H groups in total. The van der Waals surface area contributed by atoms with Crippen LogP contribution in [0.25, 0.3) is 0 Å². The van der Waals surface area contributed by atoms with Gasteiger partial charge in [-0.3, -0.25) is 0 Å². The Morgan fingerprint density at radius 3 is 2.25 bits per heavy atom. The molecule has 0 radical (unpaired) electrons. The largest absolute Gasteiger partial charge is 0.308 e. The van der Waals surface area contributed by atoms with Gasteiger partial charge < -0.3 is 4.90 Å². The van der Waals surface area contributed by atoms with Gasteiger partial charge in [0.2, 0.25) is 10.0 Å². The predicted molar refractivity (Wildman–Crippen MR) is 50.6 cm³/mol. The van der Waals surface area contributed by atoms with Crippen molar-refractivity contribution in [3.05, 3.63) is 0 Å². The lowest BCUT2D eigenvalue weighted by atomic mass is 10.3. The monoisotopic (exact) mass is 194 g/mol. The van der Waals surface area contributed by atoms with E-state index in [1.54, 1.807) is 6.92 Å². The van der Waals surface area contributed by atoms with Crippen LogP contribution in [0, 0.1) is 0 Å². The van der Waals surface area contributed by atoms with E-state index in [9.17, 15) is 8.42 Å². The number of hydrogen-bond donors (Lipinski definition) is 1. The van der Waals surface area contributed by atoms with Gasteiger partial charge in [0.25, 0.3) is 0 Å². The van der Waals surface area contributed by atoms with Crippen LogP contribution in [0.5, 0.6) is 0 Å². The molecule has 0 aromatic heterocycles. The van der Waals surface area contributed by atoms with Crippen molar-refractivity contribution in [2.45, 2.75) is 19.9 Å². The van der Waals surface area contributed by atoms with E-state index in [0.717, 1.165) is 6.54 Å². The molecule has 0 heterocycles. The molecule has 0 fully saturated rings. The van der Waals surface area contributed by atoms with Crippen molar-refractivity contribution in [1.29, 1.82) is 0 Å². The molecule has 74 valence electrons. The Morgan fingerprint density at radius 2 is 1.92 bits per heavy atom. The fraction of sp³-hybridized carbons (Fsp3) is 1.00. The zero-order valence-corrected chi connectivity index (χ0v) is 8.98. The van der Waals surface area contributed by atoms with Crippen molar-refractivity contribution in [2.75, 3.05) is 26.4 Å². The van der Waals surface area contributed by atoms with Gasteiger partial charge in [0.15, 0.2) is 0 Å². The van der Waals surface area contributed by atoms with Crippen LogP contribution in [-0.2, 0) is 10.0 Å². The maximum absolute atomic E-state index is 11.1. The summed E-state index contributed by atoms with van der Waals surface area (Å²) < 4.78 is 24.7. The van der Waals surface area contributed by atoms with Gasteiger partial charge in [-0.15, -0.1) is 0 Å². The van der Waals surface area contributed by atoms with Crippen LogP contribution in [0.15, 0.2) is 0 Å². The first-order valence-corrected chi connectivity index (χ1v) is 5.67. The van der Waals surface area contributed by atoms with E-state index in [1.165, 1.54) is 0 Å². The second-order valence-electron chi connectivity index (χ2n) is 3.18. The Morgan fingerprint density at radius 1 is 1.42 bits per heavy atom. The van der Waals surface area contributed by atoms with Crippen molar-refractivity contribution in [3.63, 3.8) is 0 Å². The number of hydrogen-bond acceptors (Lipinski definition) is 3. The molecule has 4 nitrogen and oxygen atoms in total. The molecule has 0 rings (SSSR count). The number of sulfonamides is 1. The second-order valence-corrected chi connectivity index (χ2v) is 5.23. The van der Waals surface area contributed by atoms with Gasteiger partial charge in [-0.25, -0.2) is 13.1 Å². The average molecular weight is 194 g/mol. The Labute approximate surface area is 75.0 Å². The third-order valence-electron chi connectivity index (χ3n) is 1.40. The molecule has 0 bridgehead atoms. The van der Waals surface area contributed by atoms with Crippen LogP contribution in [-0.4, -0.2) is 45.8 Å². The van der Waals surface area contributed by atoms with Crippen LogP contribution >= 0.6 is 0 Å². The first-order valence-electron chi connectivity index (χ1n) is 4.02. The van der Waals surface area contributed by atoms with Crippen LogP contribution in [0.1, 0.15) is 13.8 Å². The van der Waals surface area contributed by atoms with Crippen molar-refractivity contribution >= 4 is 10.0 Å². The maximum Gasteiger partial charge on any atom is 0.211 e. The van der Waals surface area contributed by atoms with Gasteiger partial charge in [-0.2, -0.15) is 0 Å². The van der Waals surface area contributed by atoms with Crippen molar-refractivity contribution in [2.24, 2.45) is 0 Å². The van der Waals surface area contributed by atoms with E-state index < -0.39 is 10.0 Å². The van der Waals surface area contributed by atoms with Gasteiger partial charge in [0.1, 0.15) is 0 Å². The number of likely N-dealkylation sites (N-methyl/N-ethyl adjacent to an activating group) is 1. The summed E-state index contributed by atoms with van der Waals surface area (Å²) in [4.78, 5) is 1.95. The van der Waals surface area contributed by atoms with Gasteiger partial charge in [-0.1, -0.05) is 0 Å². The van der Waals surface area contributed by atoms with E-state index in [2.05, 4.69) is 4.72 Å². The second kappa shape index (κ2) is 4.79. The molecular weight excluding hydrogens is 176 g/mol. The standard InChI is InChI=1S/C7H18N2O2S/c1-5-12(10,11)8-7(2)6-9(3)4/h7-8H,5-6H2,1-4H3. The van der Waals surface area contributed by atoms with E-state index >= 15 is 0 Å². The highest BCUT2D eigenvalue weighted by molar-refractivity contribution is 7.89. The van der Waals surface area contributed by atoms with Crippen LogP contribution < -0.4 is 4.72 Å². The minimum absolute atomic E-state index is 0.0232. The molecule has 5 heteroatoms. The van der Waals surface area contributed by atoms with Crippen molar-refractivity contribution in [1.82, 2.24) is 9.62 Å². The first-order chi connectivity index (χ1) is 5.37. The lowest BCUT2D eigenvalue weighted by Crippen LogP contribution is -2.40. The van der Waals surface area contributed by atoms with Crippen molar-refractivity contribution in [3.8, 4) is 0 Å². The molecule has 0 aromatic rings. The highest BCUT2D eigenvalue weighted by Crippen LogP contribution is 1.90. The minimum atomic E-state index is -3.04. The fourth-order valence-electron chi connectivity index (χ4n) is 0.975. The molecule has 0 saturated carbocycles. The number of nitrogens with zero attached hydrogens (tertiary/aromatic N) is 1. The summed E-state index contributed by atoms with van der Waals surface area (Å²) in [7, 11) is 0.786. The van der Waals surface area contributed by atoms with E-state index in [4.69, 9.17) is 0 Å². The lowest BCUT2D eigenvalue weighted by Gasteiger charge is -2.17. The van der Waals surface area contributed by atoms with Crippen LogP contribution in [0.4, 0.5) is 0 Å². The number of nitrogens with one attached hydrogen (secondary N) is 1. The summed E-state index contributed by atoms with van der Waals surface area (Å²) in [5.41, 5.74) is 0. The molecule has 0 amide bonds. The SMILES string of the molecule is CCS(=O)(=O)NC(C)CN(C)C. The molecule has 0 aromatic carbocycles. The fourth-order valence-corrected chi connectivity index (χ4v) is 1.83. The number of rotatable bonds is 5.